The van der Waals surface area contributed by atoms with Crippen LogP contribution >= 0.6 is 0 Å². The first-order valence-corrected chi connectivity index (χ1v) is 5.99. The molecule has 1 heterocycles. The molecule has 1 N–H and O–H groups in total. The van der Waals surface area contributed by atoms with Crippen LogP contribution in [0.4, 0.5) is 10.1 Å². The molecule has 94 valence electrons. The molecule has 4 heteroatoms. The van der Waals surface area contributed by atoms with Crippen LogP contribution in [0.1, 0.15) is 18.6 Å². The van der Waals surface area contributed by atoms with E-state index in [4.69, 9.17) is 0 Å². The quantitative estimate of drug-likeness (QED) is 0.848. The third-order valence-electron chi connectivity index (χ3n) is 3.28. The lowest BCUT2D eigenvalue weighted by Crippen LogP contribution is -2.44. The van der Waals surface area contributed by atoms with Crippen LogP contribution in [0.5, 0.6) is 0 Å². The summed E-state index contributed by atoms with van der Waals surface area (Å²) in [4.78, 5) is 4.48. The molecule has 0 aromatic heterocycles. The number of halogens is 1. The number of aliphatic hydroxyl groups is 1. The van der Waals surface area contributed by atoms with Gasteiger partial charge in [-0.1, -0.05) is 0 Å². The summed E-state index contributed by atoms with van der Waals surface area (Å²) in [6, 6.07) is 4.65. The second-order valence-corrected chi connectivity index (χ2v) is 4.67. The molecule has 0 aliphatic carbocycles. The summed E-state index contributed by atoms with van der Waals surface area (Å²) in [6.45, 7) is 5.51. The van der Waals surface area contributed by atoms with Crippen LogP contribution in [0, 0.1) is 5.82 Å². The minimum Gasteiger partial charge on any atom is -0.389 e. The summed E-state index contributed by atoms with van der Waals surface area (Å²) in [5, 5.41) is 9.71. The van der Waals surface area contributed by atoms with Crippen molar-refractivity contribution in [3.63, 3.8) is 0 Å². The van der Waals surface area contributed by atoms with Crippen LogP contribution in [0.15, 0.2) is 18.2 Å². The van der Waals surface area contributed by atoms with Gasteiger partial charge in [-0.2, -0.15) is 0 Å². The smallest absolute Gasteiger partial charge is 0.123 e. The Balaban J connectivity index is 2.25. The Kier molecular flexibility index (Phi) is 3.64. The zero-order valence-electron chi connectivity index (χ0n) is 10.4. The minimum atomic E-state index is -0.639. The standard InChI is InChI=1S/C13H19FN2O/c1-10(17)12-9-11(14)3-4-13(12)16-7-5-15(2)6-8-16/h3-4,9-10,17H,5-8H2,1-2H3/t10-/m0/s1. The predicted molar refractivity (Wildman–Crippen MR) is 66.7 cm³/mol. The predicted octanol–water partition coefficient (Wildman–Crippen LogP) is 1.63. The van der Waals surface area contributed by atoms with Crippen LogP contribution in [0.25, 0.3) is 0 Å². The van der Waals surface area contributed by atoms with E-state index in [1.54, 1.807) is 13.0 Å². The number of likely N-dealkylation sites (N-methyl/N-ethyl adjacent to an activating group) is 1. The maximum absolute atomic E-state index is 13.2. The van der Waals surface area contributed by atoms with Gasteiger partial charge in [-0.25, -0.2) is 4.39 Å². The van der Waals surface area contributed by atoms with Gasteiger partial charge in [0, 0.05) is 37.4 Å². The van der Waals surface area contributed by atoms with Gasteiger partial charge in [-0.15, -0.1) is 0 Å². The van der Waals surface area contributed by atoms with E-state index in [0.717, 1.165) is 31.9 Å². The molecule has 1 aliphatic heterocycles. The monoisotopic (exact) mass is 238 g/mol. The molecule has 0 bridgehead atoms. The van der Waals surface area contributed by atoms with E-state index < -0.39 is 6.10 Å². The van der Waals surface area contributed by atoms with Gasteiger partial charge in [0.25, 0.3) is 0 Å². The maximum Gasteiger partial charge on any atom is 0.123 e. The Morgan fingerprint density at radius 3 is 2.47 bits per heavy atom. The minimum absolute atomic E-state index is 0.293. The van der Waals surface area contributed by atoms with Gasteiger partial charge in [0.15, 0.2) is 0 Å². The van der Waals surface area contributed by atoms with Crippen LogP contribution in [0.2, 0.25) is 0 Å². The summed E-state index contributed by atoms with van der Waals surface area (Å²) >= 11 is 0. The van der Waals surface area contributed by atoms with Gasteiger partial charge in [0.1, 0.15) is 5.82 Å². The molecule has 1 fully saturated rings. The van der Waals surface area contributed by atoms with Gasteiger partial charge >= 0.3 is 0 Å². The fourth-order valence-electron chi connectivity index (χ4n) is 2.20. The third-order valence-corrected chi connectivity index (χ3v) is 3.28. The molecule has 1 aromatic rings. The fraction of sp³-hybridized carbons (Fsp3) is 0.538. The van der Waals surface area contributed by atoms with E-state index in [1.165, 1.54) is 12.1 Å². The number of aliphatic hydroxyl groups excluding tert-OH is 1. The van der Waals surface area contributed by atoms with Gasteiger partial charge in [-0.05, 0) is 32.2 Å². The zero-order valence-corrected chi connectivity index (χ0v) is 10.4. The van der Waals surface area contributed by atoms with Gasteiger partial charge < -0.3 is 14.9 Å². The average Bonchev–Trinajstić information content (AvgIpc) is 2.30. The van der Waals surface area contributed by atoms with Crippen molar-refractivity contribution in [3.05, 3.63) is 29.6 Å². The molecule has 3 nitrogen and oxygen atoms in total. The van der Waals surface area contributed by atoms with E-state index in [1.807, 2.05) is 0 Å². The maximum atomic E-state index is 13.2. The number of anilines is 1. The molecule has 1 saturated heterocycles. The van der Waals surface area contributed by atoms with Gasteiger partial charge in [-0.3, -0.25) is 0 Å². The highest BCUT2D eigenvalue weighted by Crippen LogP contribution is 2.27. The Morgan fingerprint density at radius 2 is 1.88 bits per heavy atom. The van der Waals surface area contributed by atoms with Gasteiger partial charge in [0.2, 0.25) is 0 Å². The summed E-state index contributed by atoms with van der Waals surface area (Å²) < 4.78 is 13.2. The average molecular weight is 238 g/mol. The first kappa shape index (κ1) is 12.3. The van der Waals surface area contributed by atoms with Crippen LogP contribution in [-0.2, 0) is 0 Å². The van der Waals surface area contributed by atoms with Crippen molar-refractivity contribution in [1.82, 2.24) is 4.90 Å². The van der Waals surface area contributed by atoms with E-state index in [-0.39, 0.29) is 5.82 Å². The lowest BCUT2D eigenvalue weighted by Gasteiger charge is -2.35. The summed E-state index contributed by atoms with van der Waals surface area (Å²) in [5.74, 6) is -0.293. The number of hydrogen-bond donors (Lipinski definition) is 1. The van der Waals surface area contributed by atoms with Crippen molar-refractivity contribution >= 4 is 5.69 Å². The zero-order chi connectivity index (χ0) is 12.4. The molecule has 0 unspecified atom stereocenters. The highest BCUT2D eigenvalue weighted by atomic mass is 19.1. The highest BCUT2D eigenvalue weighted by Gasteiger charge is 2.19. The van der Waals surface area contributed by atoms with Gasteiger partial charge in [0.05, 0.1) is 6.10 Å². The Hall–Kier alpha value is -1.13. The number of rotatable bonds is 2. The van der Waals surface area contributed by atoms with Crippen molar-refractivity contribution < 1.29 is 9.50 Å². The highest BCUT2D eigenvalue weighted by molar-refractivity contribution is 5.55. The molecule has 0 spiro atoms. The lowest BCUT2D eigenvalue weighted by atomic mass is 10.1. The molecule has 1 atom stereocenters. The molecule has 17 heavy (non-hydrogen) atoms. The molecule has 1 aromatic carbocycles. The largest absolute Gasteiger partial charge is 0.389 e. The second kappa shape index (κ2) is 5.02. The van der Waals surface area contributed by atoms with E-state index in [9.17, 15) is 9.50 Å². The molecule has 1 aliphatic rings. The fourth-order valence-corrected chi connectivity index (χ4v) is 2.20. The Labute approximate surface area is 101 Å². The number of hydrogen-bond acceptors (Lipinski definition) is 3. The molecular weight excluding hydrogens is 219 g/mol. The van der Waals surface area contributed by atoms with Crippen molar-refractivity contribution in [3.8, 4) is 0 Å². The van der Waals surface area contributed by atoms with Crippen LogP contribution in [-0.4, -0.2) is 43.2 Å². The second-order valence-electron chi connectivity index (χ2n) is 4.67. The summed E-state index contributed by atoms with van der Waals surface area (Å²) in [7, 11) is 2.09. The first-order chi connectivity index (χ1) is 8.08. The number of benzene rings is 1. The van der Waals surface area contributed by atoms with E-state index >= 15 is 0 Å². The van der Waals surface area contributed by atoms with Crippen LogP contribution < -0.4 is 4.90 Å². The molecule has 0 saturated carbocycles. The normalized spacial score (nSPS) is 19.4. The molecule has 2 rings (SSSR count). The number of nitrogens with zero attached hydrogens (tertiary/aromatic N) is 2. The lowest BCUT2D eigenvalue weighted by molar-refractivity contribution is 0.198. The third kappa shape index (κ3) is 2.76. The Bertz CT molecular complexity index is 387. The van der Waals surface area contributed by atoms with Crippen molar-refractivity contribution in [1.29, 1.82) is 0 Å². The van der Waals surface area contributed by atoms with Crippen molar-refractivity contribution in [2.24, 2.45) is 0 Å². The molecular formula is C13H19FN2O. The van der Waals surface area contributed by atoms with E-state index in [0.29, 0.717) is 5.56 Å². The van der Waals surface area contributed by atoms with Crippen LogP contribution in [0.3, 0.4) is 0 Å². The van der Waals surface area contributed by atoms with Crippen molar-refractivity contribution in [2.45, 2.75) is 13.0 Å². The topological polar surface area (TPSA) is 26.7 Å². The SMILES string of the molecule is C[C@H](O)c1cc(F)ccc1N1CCN(C)CC1. The summed E-state index contributed by atoms with van der Waals surface area (Å²) in [6.07, 6.45) is -0.639. The van der Waals surface area contributed by atoms with E-state index in [2.05, 4.69) is 16.8 Å². The Morgan fingerprint density at radius 1 is 1.24 bits per heavy atom. The molecule has 0 amide bonds. The first-order valence-electron chi connectivity index (χ1n) is 5.99. The summed E-state index contributed by atoms with van der Waals surface area (Å²) in [5.41, 5.74) is 1.63. The number of piperazine rings is 1. The molecule has 0 radical (unpaired) electrons. The van der Waals surface area contributed by atoms with Crippen molar-refractivity contribution in [2.75, 3.05) is 38.1 Å².